The molecule has 0 radical (unpaired) electrons. The zero-order chi connectivity index (χ0) is 33.3. The average molecular weight is 597 g/mol. The number of rotatable bonds is 4. The van der Waals surface area contributed by atoms with Crippen LogP contribution in [-0.4, -0.2) is 20.4 Å². The van der Waals surface area contributed by atoms with E-state index in [0.717, 1.165) is 33.4 Å². The van der Waals surface area contributed by atoms with Gasteiger partial charge in [0.25, 0.3) is 0 Å². The third-order valence-electron chi connectivity index (χ3n) is 8.53. The van der Waals surface area contributed by atoms with Gasteiger partial charge in [-0.1, -0.05) is 90.1 Å². The van der Waals surface area contributed by atoms with Gasteiger partial charge < -0.3 is 20.4 Å². The van der Waals surface area contributed by atoms with Crippen LogP contribution in [0.1, 0.15) is 109 Å². The minimum atomic E-state index is 0.0195. The quantitative estimate of drug-likeness (QED) is 0.189. The van der Waals surface area contributed by atoms with Gasteiger partial charge in [0.2, 0.25) is 0 Å². The zero-order valence-electron chi connectivity index (χ0n) is 28.7. The van der Waals surface area contributed by atoms with Crippen molar-refractivity contribution >= 4 is 0 Å². The van der Waals surface area contributed by atoms with Crippen LogP contribution in [0.5, 0.6) is 23.0 Å². The molecule has 4 heteroatoms. The van der Waals surface area contributed by atoms with Gasteiger partial charge in [0, 0.05) is 11.8 Å². The van der Waals surface area contributed by atoms with Crippen LogP contribution in [0.15, 0.2) is 60.7 Å². The summed E-state index contributed by atoms with van der Waals surface area (Å²) in [6.07, 6.45) is 0. The normalized spacial score (nSPS) is 12.0. The molecular formula is C40H52O4. The van der Waals surface area contributed by atoms with Gasteiger partial charge in [0.1, 0.15) is 23.0 Å². The maximum Gasteiger partial charge on any atom is 0.121 e. The second-order valence-electron chi connectivity index (χ2n) is 14.7. The second-order valence-corrected chi connectivity index (χ2v) is 14.7. The molecule has 0 amide bonds. The first-order valence-electron chi connectivity index (χ1n) is 15.4. The summed E-state index contributed by atoms with van der Waals surface area (Å²) >= 11 is 0. The fourth-order valence-corrected chi connectivity index (χ4v) is 6.41. The Kier molecular flexibility index (Phi) is 10.2. The lowest BCUT2D eigenvalue weighted by Gasteiger charge is -2.33. The van der Waals surface area contributed by atoms with Crippen molar-refractivity contribution in [2.24, 2.45) is 10.8 Å². The number of hydrogen-bond donors (Lipinski definition) is 4. The first kappa shape index (κ1) is 34.6. The molecule has 0 atom stereocenters. The van der Waals surface area contributed by atoms with Crippen LogP contribution >= 0.6 is 0 Å². The maximum atomic E-state index is 10.1. The summed E-state index contributed by atoms with van der Waals surface area (Å²) in [4.78, 5) is 0. The molecule has 4 rings (SSSR count). The molecule has 0 aliphatic carbocycles. The van der Waals surface area contributed by atoms with Crippen molar-refractivity contribution in [3.63, 3.8) is 0 Å². The summed E-state index contributed by atoms with van der Waals surface area (Å²) in [6, 6.07) is 19.9. The minimum Gasteiger partial charge on any atom is -0.508 e. The highest BCUT2D eigenvalue weighted by atomic mass is 16.3. The van der Waals surface area contributed by atoms with Crippen molar-refractivity contribution in [2.75, 3.05) is 0 Å². The van der Waals surface area contributed by atoms with Gasteiger partial charge in [0.15, 0.2) is 0 Å². The Bertz CT molecular complexity index is 1480. The van der Waals surface area contributed by atoms with E-state index in [-0.39, 0.29) is 22.7 Å². The molecule has 4 N–H and O–H groups in total. The van der Waals surface area contributed by atoms with Crippen molar-refractivity contribution in [3.05, 3.63) is 116 Å². The Morgan fingerprint density at radius 1 is 0.386 bits per heavy atom. The van der Waals surface area contributed by atoms with Gasteiger partial charge in [-0.25, -0.2) is 0 Å². The Labute approximate surface area is 265 Å². The molecule has 4 aromatic carbocycles. The van der Waals surface area contributed by atoms with Crippen LogP contribution in [0.3, 0.4) is 0 Å². The first-order valence-corrected chi connectivity index (χ1v) is 15.4. The summed E-state index contributed by atoms with van der Waals surface area (Å²) in [5.74, 6) is 1.80. The summed E-state index contributed by atoms with van der Waals surface area (Å²) in [5, 5.41) is 39.6. The van der Waals surface area contributed by atoms with Crippen LogP contribution in [0.4, 0.5) is 0 Å². The fraction of sp³-hybridized carbons (Fsp3) is 0.400. The number of phenolic OH excluding ortho intramolecular Hbond substituents is 4. The van der Waals surface area contributed by atoms with E-state index in [1.807, 2.05) is 65.8 Å². The van der Waals surface area contributed by atoms with E-state index in [4.69, 9.17) is 0 Å². The van der Waals surface area contributed by atoms with E-state index in [0.29, 0.717) is 23.0 Å². The van der Waals surface area contributed by atoms with Gasteiger partial charge in [-0.2, -0.15) is 0 Å². The summed E-state index contributed by atoms with van der Waals surface area (Å²) < 4.78 is 0. The smallest absolute Gasteiger partial charge is 0.121 e. The Hall–Kier alpha value is -3.92. The van der Waals surface area contributed by atoms with E-state index in [2.05, 4.69) is 65.8 Å². The molecule has 0 spiro atoms. The van der Waals surface area contributed by atoms with Crippen molar-refractivity contribution in [1.82, 2.24) is 0 Å². The SMILES string of the molecule is Cc1cc(C(c2cc(C)c(O)c(C)c2)C(C)(C)C)cc(C)c1O.Cc1cc(C(c2ccc(O)c(C)c2)C(C)(C)C)ccc1O. The monoisotopic (exact) mass is 596 g/mol. The molecule has 4 nitrogen and oxygen atoms in total. The standard InChI is InChI=1S/C21H28O2.C19H24O2/c1-12-8-16(9-13(2)19(12)22)18(21(5,6)7)17-10-14(3)20(23)15(4)11-17;1-12-10-14(6-8-16(12)20)18(19(3,4)5)15-7-9-17(21)13(2)11-15/h8-11,18,22-23H,1-7H3;6-11,18,20-21H,1-5H3. The molecule has 0 heterocycles. The van der Waals surface area contributed by atoms with Gasteiger partial charge in [-0.05, 0) is 120 Å². The molecular weight excluding hydrogens is 544 g/mol. The predicted molar refractivity (Wildman–Crippen MR) is 183 cm³/mol. The Balaban J connectivity index is 0.000000241. The molecule has 4 aromatic rings. The van der Waals surface area contributed by atoms with Crippen molar-refractivity contribution in [1.29, 1.82) is 0 Å². The summed E-state index contributed by atoms with van der Waals surface area (Å²) in [6.45, 7) is 24.9. The number of aromatic hydroxyl groups is 4. The number of benzene rings is 4. The lowest BCUT2D eigenvalue weighted by Crippen LogP contribution is -2.20. The molecule has 236 valence electrons. The Morgan fingerprint density at radius 2 is 0.636 bits per heavy atom. The molecule has 0 aromatic heterocycles. The van der Waals surface area contributed by atoms with Crippen LogP contribution in [0.2, 0.25) is 0 Å². The second kappa shape index (κ2) is 13.0. The minimum absolute atomic E-state index is 0.0195. The molecule has 0 bridgehead atoms. The van der Waals surface area contributed by atoms with E-state index < -0.39 is 0 Å². The van der Waals surface area contributed by atoms with Crippen LogP contribution in [0.25, 0.3) is 0 Å². The molecule has 0 fully saturated rings. The number of hydrogen-bond acceptors (Lipinski definition) is 4. The first-order chi connectivity index (χ1) is 20.2. The molecule has 0 saturated carbocycles. The highest BCUT2D eigenvalue weighted by molar-refractivity contribution is 5.50. The van der Waals surface area contributed by atoms with Crippen LogP contribution in [0, 0.1) is 52.4 Å². The van der Waals surface area contributed by atoms with E-state index in [1.165, 1.54) is 22.3 Å². The summed E-state index contributed by atoms with van der Waals surface area (Å²) in [5.41, 5.74) is 10.2. The van der Waals surface area contributed by atoms with Crippen molar-refractivity contribution in [3.8, 4) is 23.0 Å². The maximum absolute atomic E-state index is 10.1. The van der Waals surface area contributed by atoms with Crippen LogP contribution in [-0.2, 0) is 0 Å². The third-order valence-corrected chi connectivity index (χ3v) is 8.53. The van der Waals surface area contributed by atoms with Crippen LogP contribution < -0.4 is 0 Å². The summed E-state index contributed by atoms with van der Waals surface area (Å²) in [7, 11) is 0. The average Bonchev–Trinajstić information content (AvgIpc) is 2.89. The highest BCUT2D eigenvalue weighted by Crippen LogP contribution is 2.44. The van der Waals surface area contributed by atoms with Crippen molar-refractivity contribution in [2.45, 2.75) is 94.9 Å². The van der Waals surface area contributed by atoms with E-state index in [9.17, 15) is 20.4 Å². The van der Waals surface area contributed by atoms with Gasteiger partial charge in [0.05, 0.1) is 0 Å². The van der Waals surface area contributed by atoms with Gasteiger partial charge in [-0.3, -0.25) is 0 Å². The molecule has 0 unspecified atom stereocenters. The van der Waals surface area contributed by atoms with E-state index in [1.54, 1.807) is 12.1 Å². The lowest BCUT2D eigenvalue weighted by molar-refractivity contribution is 0.357. The van der Waals surface area contributed by atoms with Crippen molar-refractivity contribution < 1.29 is 20.4 Å². The highest BCUT2D eigenvalue weighted by Gasteiger charge is 2.30. The molecule has 44 heavy (non-hydrogen) atoms. The molecule has 0 aliphatic rings. The van der Waals surface area contributed by atoms with Gasteiger partial charge >= 0.3 is 0 Å². The third kappa shape index (κ3) is 7.77. The molecule has 0 aliphatic heterocycles. The Morgan fingerprint density at radius 3 is 0.886 bits per heavy atom. The zero-order valence-corrected chi connectivity index (χ0v) is 28.7. The molecule has 0 saturated heterocycles. The topological polar surface area (TPSA) is 80.9 Å². The predicted octanol–water partition coefficient (Wildman–Crippen LogP) is 10.4. The largest absolute Gasteiger partial charge is 0.508 e. The number of phenols is 4. The van der Waals surface area contributed by atoms with Gasteiger partial charge in [-0.15, -0.1) is 0 Å². The number of aryl methyl sites for hydroxylation is 6. The lowest BCUT2D eigenvalue weighted by atomic mass is 9.71. The fourth-order valence-electron chi connectivity index (χ4n) is 6.41. The van der Waals surface area contributed by atoms with E-state index >= 15 is 0 Å².